The zero-order valence-corrected chi connectivity index (χ0v) is 11.7. The number of hydrogen-bond acceptors (Lipinski definition) is 2. The van der Waals surface area contributed by atoms with Gasteiger partial charge in [-0.05, 0) is 30.2 Å². The third-order valence-corrected chi connectivity index (χ3v) is 3.02. The molecule has 2 aliphatic rings. The molecule has 0 spiro atoms. The van der Waals surface area contributed by atoms with Crippen molar-refractivity contribution in [2.24, 2.45) is 5.92 Å². The van der Waals surface area contributed by atoms with E-state index in [2.05, 4.69) is 31.9 Å². The van der Waals surface area contributed by atoms with Gasteiger partial charge in [-0.1, -0.05) is 13.8 Å². The van der Waals surface area contributed by atoms with Crippen LogP contribution < -0.4 is 0 Å². The topological polar surface area (TPSA) is 12.5 Å². The molecular formula is C12H19LrNO. The van der Waals surface area contributed by atoms with Gasteiger partial charge in [0, 0.05) is 19.5 Å². The number of likely N-dealkylation sites (N-methyl/N-ethyl adjacent to an activating group) is 1. The molecule has 2 aliphatic heterocycles. The van der Waals surface area contributed by atoms with Crippen molar-refractivity contribution in [1.82, 2.24) is 4.90 Å². The van der Waals surface area contributed by atoms with Gasteiger partial charge in [0.25, 0.3) is 0 Å². The van der Waals surface area contributed by atoms with Crippen LogP contribution in [0.25, 0.3) is 0 Å². The number of nitrogens with zero attached hydrogens (tertiary/aromatic N) is 1. The molecule has 0 bridgehead atoms. The van der Waals surface area contributed by atoms with Crippen LogP contribution in [0.15, 0.2) is 23.0 Å². The fourth-order valence-corrected chi connectivity index (χ4v) is 2.19. The predicted octanol–water partition coefficient (Wildman–Crippen LogP) is 2.19. The Hall–Kier alpha value is -1.76. The van der Waals surface area contributed by atoms with Gasteiger partial charge in [0.1, 0.15) is 5.76 Å². The monoisotopic (exact) mass is 455 g/mol. The van der Waals surface area contributed by atoms with E-state index in [1.54, 1.807) is 5.57 Å². The number of allylic oxidation sites excluding steroid dienone is 1. The van der Waals surface area contributed by atoms with Gasteiger partial charge in [-0.15, -0.1) is 0 Å². The maximum absolute atomic E-state index is 5.64. The normalized spacial score (nSPS) is 21.7. The second-order valence-electron chi connectivity index (χ2n) is 4.52. The first-order valence-electron chi connectivity index (χ1n) is 5.42. The molecule has 0 aliphatic carbocycles. The Morgan fingerprint density at radius 3 is 2.80 bits per heavy atom. The van der Waals surface area contributed by atoms with Crippen molar-refractivity contribution in [2.75, 3.05) is 26.7 Å². The molecule has 0 amide bonds. The summed E-state index contributed by atoms with van der Waals surface area (Å²) >= 11 is 0. The first kappa shape index (κ1) is 11.3. The van der Waals surface area contributed by atoms with Crippen LogP contribution in [0.4, 0.5) is 0 Å². The smallest absolute Gasteiger partial charge is 0.119 e. The Kier molecular flexibility index (Phi) is 3.15. The molecule has 0 unspecified atom stereocenters. The van der Waals surface area contributed by atoms with E-state index in [9.17, 15) is 0 Å². The molecule has 2 rings (SSSR count). The largest absolute Gasteiger partial charge is 0.493 e. The van der Waals surface area contributed by atoms with Gasteiger partial charge < -0.3 is 4.74 Å². The average molecular weight is 455 g/mol. The Balaban J connectivity index is 0.00000112. The van der Waals surface area contributed by atoms with Gasteiger partial charge in [-0.25, -0.2) is 0 Å². The molecular weight excluding hydrogens is 436 g/mol. The minimum Gasteiger partial charge on any atom is -0.493 e. The van der Waals surface area contributed by atoms with Crippen molar-refractivity contribution in [2.45, 2.75) is 20.3 Å². The molecule has 15 heavy (non-hydrogen) atoms. The van der Waals surface area contributed by atoms with Crippen LogP contribution in [0.3, 0.4) is 0 Å². The van der Waals surface area contributed by atoms with E-state index in [0.29, 0.717) is 5.92 Å². The molecule has 1 saturated heterocycles. The summed E-state index contributed by atoms with van der Waals surface area (Å²) in [6.45, 7) is 7.53. The summed E-state index contributed by atoms with van der Waals surface area (Å²) in [5, 5.41) is 0. The van der Waals surface area contributed by atoms with Crippen LogP contribution in [0.1, 0.15) is 20.3 Å². The van der Waals surface area contributed by atoms with E-state index in [1.165, 1.54) is 5.57 Å². The second kappa shape index (κ2) is 4.18. The molecule has 2 nitrogen and oxygen atoms in total. The quantitative estimate of drug-likeness (QED) is 0.602. The summed E-state index contributed by atoms with van der Waals surface area (Å²) in [7, 11) is 2.17. The summed E-state index contributed by atoms with van der Waals surface area (Å²) < 4.78 is 5.64. The molecule has 2 heterocycles. The summed E-state index contributed by atoms with van der Waals surface area (Å²) in [4.78, 5) is 2.34. The van der Waals surface area contributed by atoms with Gasteiger partial charge >= 0.3 is 0 Å². The van der Waals surface area contributed by atoms with Crippen molar-refractivity contribution >= 4 is 0 Å². The number of rotatable bonds is 1. The van der Waals surface area contributed by atoms with E-state index in [1.807, 2.05) is 0 Å². The van der Waals surface area contributed by atoms with E-state index in [-0.39, 0.29) is 0 Å². The van der Waals surface area contributed by atoms with Crippen molar-refractivity contribution in [3.63, 3.8) is 0 Å². The average Bonchev–Trinajstić information content (AvgIpc) is 2.52. The van der Waals surface area contributed by atoms with E-state index < -0.39 is 0 Å². The number of hydrogen-bond donors (Lipinski definition) is 0. The Morgan fingerprint density at radius 1 is 1.40 bits per heavy atom. The van der Waals surface area contributed by atoms with Gasteiger partial charge in [0.2, 0.25) is 0 Å². The maximum atomic E-state index is 5.64. The van der Waals surface area contributed by atoms with Crippen molar-refractivity contribution in [3.05, 3.63) is 23.0 Å². The number of ether oxygens (including phenoxy) is 1. The van der Waals surface area contributed by atoms with E-state index in [4.69, 9.17) is 4.74 Å². The van der Waals surface area contributed by atoms with Crippen LogP contribution in [-0.2, 0) is 4.74 Å². The Morgan fingerprint density at radius 2 is 2.13 bits per heavy atom. The first-order valence-corrected chi connectivity index (χ1v) is 5.42. The molecule has 1 radical (unpaired) electrons. The van der Waals surface area contributed by atoms with Crippen molar-refractivity contribution in [1.29, 1.82) is 0 Å². The molecule has 0 atom stereocenters. The zero-order chi connectivity index (χ0) is 10.1. The van der Waals surface area contributed by atoms with Gasteiger partial charge in [0.15, 0.2) is 0 Å². The van der Waals surface area contributed by atoms with E-state index >= 15 is 0 Å². The van der Waals surface area contributed by atoms with Gasteiger partial charge in [0.05, 0.1) is 6.61 Å². The SMILES string of the molecule is CC(C)C1=C2CCOC2=CCN(C)C1.[Lr]. The first-order chi connectivity index (χ1) is 6.68. The van der Waals surface area contributed by atoms with Crippen LogP contribution in [-0.4, -0.2) is 31.6 Å². The minimum absolute atomic E-state index is 0. The van der Waals surface area contributed by atoms with E-state index in [0.717, 1.165) is 31.9 Å². The molecule has 0 saturated carbocycles. The molecule has 1 fully saturated rings. The van der Waals surface area contributed by atoms with Crippen LogP contribution in [0.2, 0.25) is 0 Å². The van der Waals surface area contributed by atoms with Crippen LogP contribution >= 0.6 is 0 Å². The second-order valence-corrected chi connectivity index (χ2v) is 4.52. The zero-order valence-electron chi connectivity index (χ0n) is 9.60. The van der Waals surface area contributed by atoms with Crippen LogP contribution in [0.5, 0.6) is 0 Å². The van der Waals surface area contributed by atoms with Crippen molar-refractivity contribution in [3.8, 4) is 0 Å². The maximum Gasteiger partial charge on any atom is 0.119 e. The summed E-state index contributed by atoms with van der Waals surface area (Å²) in [5.41, 5.74) is 3.04. The number of fused-ring (bicyclic) bond motifs is 1. The van der Waals surface area contributed by atoms with Crippen LogP contribution in [0, 0.1) is 5.92 Å². The van der Waals surface area contributed by atoms with Gasteiger partial charge in [-0.2, -0.15) is 0 Å². The predicted molar refractivity (Wildman–Crippen MR) is 58.0 cm³/mol. The summed E-state index contributed by atoms with van der Waals surface area (Å²) in [5.74, 6) is 1.79. The summed E-state index contributed by atoms with van der Waals surface area (Å²) in [6.07, 6.45) is 3.32. The molecule has 0 aromatic carbocycles. The molecule has 0 aromatic heterocycles. The molecule has 3 heteroatoms. The third kappa shape index (κ3) is 2.01. The fourth-order valence-electron chi connectivity index (χ4n) is 2.19. The molecule has 0 aromatic rings. The Bertz CT molecular complexity index is 294. The van der Waals surface area contributed by atoms with Gasteiger partial charge in [-0.3, -0.25) is 4.90 Å². The third-order valence-electron chi connectivity index (χ3n) is 3.02. The summed E-state index contributed by atoms with van der Waals surface area (Å²) in [6, 6.07) is 0. The fraction of sp³-hybridized carbons (Fsp3) is 0.667. The minimum atomic E-state index is 0. The molecule has 93 valence electrons. The Labute approximate surface area is 86.2 Å². The standard InChI is InChI=1S/C12H19NO.Lr/c1-9(2)11-8-13(3)6-4-12-10(11)5-7-14-12;/h4,9H,5-8H2,1-3H3;. The van der Waals surface area contributed by atoms with Crippen molar-refractivity contribution < 1.29 is 4.74 Å². The molecule has 0 N–H and O–H groups in total.